The highest BCUT2D eigenvalue weighted by atomic mass is 32.2. The van der Waals surface area contributed by atoms with E-state index >= 15 is 0 Å². The molecule has 3 rings (SSSR count). The topological polar surface area (TPSA) is 133 Å². The second-order valence-electron chi connectivity index (χ2n) is 7.89. The van der Waals surface area contributed by atoms with Crippen LogP contribution in [0.15, 0.2) is 35.5 Å². The number of halogens is 6. The minimum atomic E-state index is -6.11. The van der Waals surface area contributed by atoms with Crippen LogP contribution in [0, 0.1) is 11.8 Å². The summed E-state index contributed by atoms with van der Waals surface area (Å²) in [6.45, 7) is -0.638. The Hall–Kier alpha value is -3.13. The van der Waals surface area contributed by atoms with Gasteiger partial charge in [0.25, 0.3) is 5.60 Å². The molecule has 2 aromatic heterocycles. The number of hydrogen-bond acceptors (Lipinski definition) is 8. The Morgan fingerprint density at radius 2 is 1.62 bits per heavy atom. The van der Waals surface area contributed by atoms with Crippen LogP contribution < -0.4 is 10.6 Å². The van der Waals surface area contributed by atoms with Crippen molar-refractivity contribution in [2.24, 2.45) is 0 Å². The molecule has 0 amide bonds. The molecule has 0 unspecified atom stereocenters. The molecule has 4 N–H and O–H groups in total. The minimum absolute atomic E-state index is 0.0224. The standard InChI is InChI=1S/C21H21F6N5O4S/c22-20(23,24)19(34,21(25,26)27)15-11-14(3-1-2-10-33)18(30-12-15)31-6-8-32(9-7-31)37(35,36)16-4-5-17(28)29-13-16/h4-5,11-13,33-34H,2,6-10H2,(H2,28,29). The molecular weight excluding hydrogens is 532 g/mol. The number of anilines is 2. The van der Waals surface area contributed by atoms with Gasteiger partial charge < -0.3 is 20.8 Å². The van der Waals surface area contributed by atoms with Gasteiger partial charge in [0.2, 0.25) is 10.0 Å². The van der Waals surface area contributed by atoms with E-state index < -0.39 is 40.1 Å². The number of pyridine rings is 2. The number of piperazine rings is 1. The first-order valence-electron chi connectivity index (χ1n) is 10.6. The molecule has 0 saturated carbocycles. The van der Waals surface area contributed by atoms with Gasteiger partial charge >= 0.3 is 12.4 Å². The van der Waals surface area contributed by atoms with E-state index in [0.29, 0.717) is 6.07 Å². The first-order chi connectivity index (χ1) is 17.1. The molecule has 1 saturated heterocycles. The number of nitrogen functional groups attached to an aromatic ring is 1. The minimum Gasteiger partial charge on any atom is -0.395 e. The summed E-state index contributed by atoms with van der Waals surface area (Å²) in [5, 5.41) is 18.7. The van der Waals surface area contributed by atoms with Gasteiger partial charge in [-0.3, -0.25) is 0 Å². The molecule has 37 heavy (non-hydrogen) atoms. The van der Waals surface area contributed by atoms with Gasteiger partial charge in [-0.05, 0) is 18.2 Å². The second kappa shape index (κ2) is 10.3. The molecular formula is C21H21F6N5O4S. The highest BCUT2D eigenvalue weighted by Gasteiger charge is 2.71. The molecule has 2 aromatic rings. The van der Waals surface area contributed by atoms with E-state index in [0.717, 1.165) is 10.5 Å². The smallest absolute Gasteiger partial charge is 0.395 e. The van der Waals surface area contributed by atoms with E-state index in [2.05, 4.69) is 21.8 Å². The van der Waals surface area contributed by atoms with Crippen LogP contribution in [-0.2, 0) is 15.6 Å². The molecule has 0 aliphatic carbocycles. The summed E-state index contributed by atoms with van der Waals surface area (Å²) in [5.41, 5.74) is -1.67. The van der Waals surface area contributed by atoms with Gasteiger partial charge in [-0.15, -0.1) is 0 Å². The van der Waals surface area contributed by atoms with Crippen LogP contribution in [0.4, 0.5) is 38.0 Å². The summed E-state index contributed by atoms with van der Waals surface area (Å²) in [6.07, 6.45) is -11.0. The van der Waals surface area contributed by atoms with Crippen LogP contribution in [0.25, 0.3) is 0 Å². The lowest BCUT2D eigenvalue weighted by atomic mass is 9.92. The Morgan fingerprint density at radius 1 is 1.00 bits per heavy atom. The molecule has 0 atom stereocenters. The number of nitrogens with zero attached hydrogens (tertiary/aromatic N) is 4. The van der Waals surface area contributed by atoms with E-state index in [4.69, 9.17) is 10.8 Å². The maximum atomic E-state index is 13.3. The Bertz CT molecular complexity index is 1270. The van der Waals surface area contributed by atoms with Crippen LogP contribution in [0.5, 0.6) is 0 Å². The summed E-state index contributed by atoms with van der Waals surface area (Å²) < 4.78 is 107. The van der Waals surface area contributed by atoms with Crippen molar-refractivity contribution in [2.45, 2.75) is 29.3 Å². The normalized spacial score (nSPS) is 15.8. The molecule has 0 radical (unpaired) electrons. The van der Waals surface area contributed by atoms with Crippen molar-refractivity contribution in [3.8, 4) is 11.8 Å². The number of hydrogen-bond donors (Lipinski definition) is 3. The number of sulfonamides is 1. The van der Waals surface area contributed by atoms with Gasteiger partial charge in [0.1, 0.15) is 16.5 Å². The van der Waals surface area contributed by atoms with Crippen molar-refractivity contribution in [2.75, 3.05) is 43.4 Å². The zero-order valence-electron chi connectivity index (χ0n) is 18.9. The predicted molar refractivity (Wildman–Crippen MR) is 118 cm³/mol. The fourth-order valence-corrected chi connectivity index (χ4v) is 4.90. The molecule has 9 nitrogen and oxygen atoms in total. The van der Waals surface area contributed by atoms with Gasteiger partial charge in [-0.25, -0.2) is 18.4 Å². The summed E-state index contributed by atoms with van der Waals surface area (Å²) in [7, 11) is -3.94. The van der Waals surface area contributed by atoms with Crippen molar-refractivity contribution in [3.63, 3.8) is 0 Å². The zero-order valence-corrected chi connectivity index (χ0v) is 19.7. The van der Waals surface area contributed by atoms with Gasteiger partial charge in [-0.1, -0.05) is 11.8 Å². The van der Waals surface area contributed by atoms with Crippen molar-refractivity contribution in [1.29, 1.82) is 0 Å². The number of aliphatic hydroxyl groups is 2. The van der Waals surface area contributed by atoms with E-state index in [1.54, 1.807) is 0 Å². The van der Waals surface area contributed by atoms with Gasteiger partial charge in [0.05, 0.1) is 12.2 Å². The number of aromatic nitrogens is 2. The van der Waals surface area contributed by atoms with Crippen LogP contribution in [0.2, 0.25) is 0 Å². The number of alkyl halides is 6. The molecule has 16 heteroatoms. The first kappa shape index (κ1) is 28.4. The Labute approximate surface area is 207 Å². The Balaban J connectivity index is 1.94. The highest BCUT2D eigenvalue weighted by Crippen LogP contribution is 2.50. The summed E-state index contributed by atoms with van der Waals surface area (Å²) in [5.74, 6) is 4.82. The lowest BCUT2D eigenvalue weighted by Crippen LogP contribution is -2.54. The summed E-state index contributed by atoms with van der Waals surface area (Å²) >= 11 is 0. The van der Waals surface area contributed by atoms with E-state index in [1.165, 1.54) is 17.0 Å². The zero-order chi connectivity index (χ0) is 27.6. The molecule has 0 spiro atoms. The third-order valence-corrected chi connectivity index (χ3v) is 7.38. The molecule has 1 aliphatic heterocycles. The maximum absolute atomic E-state index is 13.3. The third-order valence-electron chi connectivity index (χ3n) is 5.50. The molecule has 202 valence electrons. The fraction of sp³-hybridized carbons (Fsp3) is 0.429. The van der Waals surface area contributed by atoms with Crippen molar-refractivity contribution >= 4 is 21.7 Å². The summed E-state index contributed by atoms with van der Waals surface area (Å²) in [4.78, 5) is 8.83. The van der Waals surface area contributed by atoms with Gasteiger partial charge in [0, 0.05) is 50.6 Å². The molecule has 0 aromatic carbocycles. The Kier molecular flexibility index (Phi) is 7.94. The predicted octanol–water partition coefficient (Wildman–Crippen LogP) is 1.62. The maximum Gasteiger partial charge on any atom is 0.430 e. The molecule has 3 heterocycles. The average molecular weight is 553 g/mol. The average Bonchev–Trinajstić information content (AvgIpc) is 2.82. The Morgan fingerprint density at radius 3 is 2.14 bits per heavy atom. The second-order valence-corrected chi connectivity index (χ2v) is 9.82. The van der Waals surface area contributed by atoms with Crippen molar-refractivity contribution in [3.05, 3.63) is 41.7 Å². The van der Waals surface area contributed by atoms with E-state index in [1.807, 2.05) is 0 Å². The van der Waals surface area contributed by atoms with Gasteiger partial charge in [0.15, 0.2) is 0 Å². The molecule has 0 bridgehead atoms. The first-order valence-corrected chi connectivity index (χ1v) is 12.0. The molecule has 1 aliphatic rings. The molecule has 1 fully saturated rings. The van der Waals surface area contributed by atoms with Crippen LogP contribution in [-0.4, -0.2) is 78.0 Å². The highest BCUT2D eigenvalue weighted by molar-refractivity contribution is 7.89. The van der Waals surface area contributed by atoms with E-state index in [9.17, 15) is 39.9 Å². The quantitative estimate of drug-likeness (QED) is 0.376. The SMILES string of the molecule is Nc1ccc(S(=O)(=O)N2CCN(c3ncc(C(O)(C(F)(F)F)C(F)(F)F)cc3C#CCCO)CC2)cn1. The van der Waals surface area contributed by atoms with Crippen LogP contribution >= 0.6 is 0 Å². The lowest BCUT2D eigenvalue weighted by Gasteiger charge is -2.36. The third kappa shape index (κ3) is 5.59. The van der Waals surface area contributed by atoms with E-state index in [-0.39, 0.29) is 60.9 Å². The summed E-state index contributed by atoms with van der Waals surface area (Å²) in [6, 6.07) is 3.04. The number of aliphatic hydroxyl groups excluding tert-OH is 1. The lowest BCUT2D eigenvalue weighted by molar-refractivity contribution is -0.376. The van der Waals surface area contributed by atoms with Crippen molar-refractivity contribution < 1.29 is 45.0 Å². The number of rotatable bonds is 5. The van der Waals surface area contributed by atoms with Crippen LogP contribution in [0.3, 0.4) is 0 Å². The van der Waals surface area contributed by atoms with Crippen molar-refractivity contribution in [1.82, 2.24) is 14.3 Å². The fourth-order valence-electron chi connectivity index (χ4n) is 3.53. The van der Waals surface area contributed by atoms with Gasteiger partial charge in [-0.2, -0.15) is 30.6 Å². The monoisotopic (exact) mass is 553 g/mol. The largest absolute Gasteiger partial charge is 0.430 e. The number of nitrogens with two attached hydrogens (primary N) is 1. The van der Waals surface area contributed by atoms with Crippen LogP contribution in [0.1, 0.15) is 17.5 Å².